The van der Waals surface area contributed by atoms with Crippen LogP contribution in [0.2, 0.25) is 0 Å². The molecule has 1 amide bonds. The van der Waals surface area contributed by atoms with Crippen molar-refractivity contribution < 1.29 is 18.0 Å². The molecule has 0 saturated heterocycles. The van der Waals surface area contributed by atoms with Gasteiger partial charge in [-0.2, -0.15) is 0 Å². The zero-order valence-corrected chi connectivity index (χ0v) is 14.6. The smallest absolute Gasteiger partial charge is 0.237 e. The molecule has 1 aromatic heterocycles. The molecule has 1 heterocycles. The SMILES string of the molecule is CC(SCc1ccc(F)c2cccnc12)C(=O)Nc1cc(F)ccc1F. The molecule has 2 aromatic carbocycles. The minimum atomic E-state index is -0.703. The van der Waals surface area contributed by atoms with Gasteiger partial charge in [0.05, 0.1) is 16.5 Å². The fraction of sp³-hybridized carbons (Fsp3) is 0.158. The molecule has 7 heteroatoms. The molecule has 0 aliphatic rings. The molecule has 26 heavy (non-hydrogen) atoms. The van der Waals surface area contributed by atoms with Crippen LogP contribution in [0, 0.1) is 17.5 Å². The third-order valence-corrected chi connectivity index (χ3v) is 5.04. The van der Waals surface area contributed by atoms with Crippen LogP contribution in [0.5, 0.6) is 0 Å². The van der Waals surface area contributed by atoms with Crippen LogP contribution < -0.4 is 5.32 Å². The van der Waals surface area contributed by atoms with Gasteiger partial charge in [-0.15, -0.1) is 11.8 Å². The average Bonchev–Trinajstić information content (AvgIpc) is 2.64. The molecular formula is C19H15F3N2OS. The van der Waals surface area contributed by atoms with Crippen LogP contribution in [0.25, 0.3) is 10.9 Å². The van der Waals surface area contributed by atoms with Gasteiger partial charge in [-0.05, 0) is 42.8 Å². The van der Waals surface area contributed by atoms with Crippen LogP contribution in [-0.2, 0) is 10.5 Å². The summed E-state index contributed by atoms with van der Waals surface area (Å²) in [5.74, 6) is -1.71. The first kappa shape index (κ1) is 18.3. The standard InChI is InChI=1S/C19H15F3N2OS/c1-11(19(25)24-17-9-13(20)5-7-16(17)22)26-10-12-4-6-15(21)14-3-2-8-23-18(12)14/h2-9,11H,10H2,1H3,(H,24,25). The van der Waals surface area contributed by atoms with Crippen LogP contribution in [0.4, 0.5) is 18.9 Å². The number of anilines is 1. The fourth-order valence-corrected chi connectivity index (χ4v) is 3.30. The van der Waals surface area contributed by atoms with Gasteiger partial charge in [0.2, 0.25) is 5.91 Å². The number of aromatic nitrogens is 1. The molecule has 134 valence electrons. The second-order valence-corrected chi connectivity index (χ2v) is 7.00. The molecule has 0 bridgehead atoms. The number of nitrogens with one attached hydrogen (secondary N) is 1. The summed E-state index contributed by atoms with van der Waals surface area (Å²) in [7, 11) is 0. The number of carbonyl (C=O) groups excluding carboxylic acids is 1. The van der Waals surface area contributed by atoms with Crippen LogP contribution >= 0.6 is 11.8 Å². The third kappa shape index (κ3) is 3.99. The molecular weight excluding hydrogens is 361 g/mol. The Morgan fingerprint density at radius 2 is 1.92 bits per heavy atom. The normalized spacial score (nSPS) is 12.2. The highest BCUT2D eigenvalue weighted by Gasteiger charge is 2.17. The maximum atomic E-state index is 13.8. The number of halogens is 3. The molecule has 3 rings (SSSR count). The minimum Gasteiger partial charge on any atom is -0.323 e. The van der Waals surface area contributed by atoms with Gasteiger partial charge in [-0.1, -0.05) is 6.07 Å². The molecule has 0 aliphatic carbocycles. The van der Waals surface area contributed by atoms with Gasteiger partial charge in [0.1, 0.15) is 17.5 Å². The zero-order chi connectivity index (χ0) is 18.7. The molecule has 0 aliphatic heterocycles. The summed E-state index contributed by atoms with van der Waals surface area (Å²) in [6.45, 7) is 1.66. The van der Waals surface area contributed by atoms with Gasteiger partial charge >= 0.3 is 0 Å². The van der Waals surface area contributed by atoms with E-state index in [9.17, 15) is 18.0 Å². The van der Waals surface area contributed by atoms with Crippen LogP contribution in [0.3, 0.4) is 0 Å². The van der Waals surface area contributed by atoms with Crippen molar-refractivity contribution in [3.05, 3.63) is 71.7 Å². The summed E-state index contributed by atoms with van der Waals surface area (Å²) >= 11 is 1.30. The van der Waals surface area contributed by atoms with E-state index in [0.717, 1.165) is 23.8 Å². The van der Waals surface area contributed by atoms with Crippen molar-refractivity contribution in [3.63, 3.8) is 0 Å². The van der Waals surface area contributed by atoms with E-state index in [4.69, 9.17) is 0 Å². The van der Waals surface area contributed by atoms with Gasteiger partial charge in [-0.25, -0.2) is 13.2 Å². The average molecular weight is 376 g/mol. The zero-order valence-electron chi connectivity index (χ0n) is 13.8. The molecule has 3 nitrogen and oxygen atoms in total. The maximum absolute atomic E-state index is 13.8. The van der Waals surface area contributed by atoms with Crippen molar-refractivity contribution in [3.8, 4) is 0 Å². The van der Waals surface area contributed by atoms with Gasteiger partial charge in [-0.3, -0.25) is 9.78 Å². The Morgan fingerprint density at radius 1 is 1.15 bits per heavy atom. The number of fused-ring (bicyclic) bond motifs is 1. The van der Waals surface area contributed by atoms with E-state index in [1.54, 1.807) is 31.3 Å². The van der Waals surface area contributed by atoms with Gasteiger partial charge in [0, 0.05) is 23.4 Å². The number of rotatable bonds is 5. The van der Waals surface area contributed by atoms with Gasteiger partial charge in [0.15, 0.2) is 0 Å². The summed E-state index contributed by atoms with van der Waals surface area (Å²) in [6.07, 6.45) is 1.58. The number of carbonyl (C=O) groups is 1. The number of benzene rings is 2. The predicted octanol–water partition coefficient (Wildman–Crippen LogP) is 4.91. The highest BCUT2D eigenvalue weighted by molar-refractivity contribution is 7.99. The van der Waals surface area contributed by atoms with Crippen LogP contribution in [-0.4, -0.2) is 16.1 Å². The Hall–Kier alpha value is -2.54. The quantitative estimate of drug-likeness (QED) is 0.688. The van der Waals surface area contributed by atoms with E-state index in [1.165, 1.54) is 17.8 Å². The lowest BCUT2D eigenvalue weighted by atomic mass is 10.1. The first-order valence-corrected chi connectivity index (χ1v) is 8.90. The molecule has 0 radical (unpaired) electrons. The number of nitrogens with zero attached hydrogens (tertiary/aromatic N) is 1. The predicted molar refractivity (Wildman–Crippen MR) is 97.4 cm³/mol. The summed E-state index contributed by atoms with van der Waals surface area (Å²) in [4.78, 5) is 16.4. The molecule has 0 saturated carbocycles. The highest BCUT2D eigenvalue weighted by atomic mass is 32.2. The Kier molecular flexibility index (Phi) is 5.46. The Morgan fingerprint density at radius 3 is 2.73 bits per heavy atom. The van der Waals surface area contributed by atoms with Gasteiger partial charge < -0.3 is 5.32 Å². The molecule has 3 aromatic rings. The summed E-state index contributed by atoms with van der Waals surface area (Å²) in [5, 5.41) is 2.28. The Labute approximate surface area is 152 Å². The second-order valence-electron chi connectivity index (χ2n) is 5.67. The van der Waals surface area contributed by atoms with E-state index in [2.05, 4.69) is 10.3 Å². The van der Waals surface area contributed by atoms with E-state index in [1.807, 2.05) is 0 Å². The minimum absolute atomic E-state index is 0.198. The van der Waals surface area contributed by atoms with E-state index in [0.29, 0.717) is 16.7 Å². The largest absolute Gasteiger partial charge is 0.323 e. The lowest BCUT2D eigenvalue weighted by Gasteiger charge is -2.13. The lowest BCUT2D eigenvalue weighted by Crippen LogP contribution is -2.23. The molecule has 1 N–H and O–H groups in total. The molecule has 0 spiro atoms. The Balaban J connectivity index is 1.69. The van der Waals surface area contributed by atoms with E-state index >= 15 is 0 Å². The first-order chi connectivity index (χ1) is 12.5. The van der Waals surface area contributed by atoms with Crippen LogP contribution in [0.1, 0.15) is 12.5 Å². The van der Waals surface area contributed by atoms with E-state index < -0.39 is 22.8 Å². The number of thioether (sulfide) groups is 1. The van der Waals surface area contributed by atoms with Gasteiger partial charge in [0.25, 0.3) is 0 Å². The number of hydrogen-bond donors (Lipinski definition) is 1. The molecule has 1 unspecified atom stereocenters. The summed E-state index contributed by atoms with van der Waals surface area (Å²) in [6, 6.07) is 9.18. The highest BCUT2D eigenvalue weighted by Crippen LogP contribution is 2.26. The Bertz CT molecular complexity index is 965. The van der Waals surface area contributed by atoms with Crippen molar-refractivity contribution in [1.29, 1.82) is 0 Å². The van der Waals surface area contributed by atoms with Crippen LogP contribution in [0.15, 0.2) is 48.7 Å². The number of hydrogen-bond acceptors (Lipinski definition) is 3. The lowest BCUT2D eigenvalue weighted by molar-refractivity contribution is -0.115. The topological polar surface area (TPSA) is 42.0 Å². The molecule has 0 fully saturated rings. The third-order valence-electron chi connectivity index (χ3n) is 3.84. The van der Waals surface area contributed by atoms with Crippen molar-refractivity contribution >= 4 is 34.3 Å². The fourth-order valence-electron chi connectivity index (χ4n) is 2.43. The second kappa shape index (κ2) is 7.78. The van der Waals surface area contributed by atoms with Crippen molar-refractivity contribution in [1.82, 2.24) is 4.98 Å². The maximum Gasteiger partial charge on any atom is 0.237 e. The summed E-state index contributed by atoms with van der Waals surface area (Å²) < 4.78 is 40.6. The number of amides is 1. The number of pyridine rings is 1. The van der Waals surface area contributed by atoms with Crippen molar-refractivity contribution in [2.24, 2.45) is 0 Å². The van der Waals surface area contributed by atoms with E-state index in [-0.39, 0.29) is 11.5 Å². The summed E-state index contributed by atoms with van der Waals surface area (Å²) in [5.41, 5.74) is 1.14. The van der Waals surface area contributed by atoms with Crippen molar-refractivity contribution in [2.75, 3.05) is 5.32 Å². The first-order valence-electron chi connectivity index (χ1n) is 7.85. The molecule has 1 atom stereocenters. The monoisotopic (exact) mass is 376 g/mol. The van der Waals surface area contributed by atoms with Crippen molar-refractivity contribution in [2.45, 2.75) is 17.9 Å².